The maximum absolute atomic E-state index is 7.66. The number of nitriles is 1. The Labute approximate surface area is 54.5 Å². The molecule has 0 bridgehead atoms. The van der Waals surface area contributed by atoms with Crippen molar-refractivity contribution in [2.24, 2.45) is 0 Å². The van der Waals surface area contributed by atoms with Crippen LogP contribution < -0.4 is 18.9 Å². The first kappa shape index (κ1) is 9.98. The van der Waals surface area contributed by atoms with Crippen LogP contribution in [0.1, 0.15) is 1.43 Å². The van der Waals surface area contributed by atoms with Gasteiger partial charge in [-0.3, -0.25) is 0 Å². The number of rotatable bonds is 1. The van der Waals surface area contributed by atoms with Crippen LogP contribution in [0.15, 0.2) is 0 Å². The van der Waals surface area contributed by atoms with Gasteiger partial charge in [0.1, 0.15) is 0 Å². The number of nitrogens with zero attached hydrogens (tertiary/aromatic N) is 1. The van der Waals surface area contributed by atoms with Gasteiger partial charge in [-0.25, -0.2) is 0 Å². The van der Waals surface area contributed by atoms with Crippen LogP contribution in [-0.4, -0.2) is 17.4 Å². The topological polar surface area (TPSA) is 73.5 Å². The van der Waals surface area contributed by atoms with Crippen molar-refractivity contribution in [2.75, 3.05) is 0 Å². The second-order valence-corrected chi connectivity index (χ2v) is 0.535. The molecule has 0 unspecified atom stereocenters. The summed E-state index contributed by atoms with van der Waals surface area (Å²) in [6.45, 7) is 0. The first-order valence-corrected chi connectivity index (χ1v) is 1.18. The van der Waals surface area contributed by atoms with Gasteiger partial charge < -0.3 is 16.1 Å². The molecule has 0 aliphatic carbocycles. The largest absolute Gasteiger partial charge is 1.00 e. The second kappa shape index (κ2) is 5.87. The predicted octanol–water partition coefficient (Wildman–Crippen LogP) is -4.43. The van der Waals surface area contributed by atoms with Gasteiger partial charge in [0.15, 0.2) is 0 Å². The van der Waals surface area contributed by atoms with Crippen molar-refractivity contribution in [3.63, 3.8) is 0 Å². The number of hydrogen-bond donors (Lipinski definition) is 2. The third-order valence-electron chi connectivity index (χ3n) is 0.158. The molecule has 0 saturated carbocycles. The zero-order valence-corrected chi connectivity index (χ0v) is 3.83. The molecule has 4 nitrogen and oxygen atoms in total. The van der Waals surface area contributed by atoms with Gasteiger partial charge in [-0.2, -0.15) is 5.26 Å². The number of hydrogen-bond acceptors (Lipinski definition) is 4. The average Bonchev–Trinajstić information content (AvgIpc) is 1.35. The van der Waals surface area contributed by atoms with Gasteiger partial charge in [0.25, 0.3) is 6.26 Å². The van der Waals surface area contributed by atoms with E-state index in [1.165, 1.54) is 0 Å². The summed E-state index contributed by atoms with van der Waals surface area (Å²) in [5, 5.41) is 22.8. The molecular formula is CH3BLiNO3. The molecule has 2 N–H and O–H groups in total. The van der Waals surface area contributed by atoms with E-state index in [-0.39, 0.29) is 20.3 Å². The molecule has 0 rings (SSSR count). The van der Waals surface area contributed by atoms with Crippen molar-refractivity contribution < 1.29 is 35.0 Å². The molecular weight excluding hydrogens is 91.8 g/mol. The maximum atomic E-state index is 7.66. The summed E-state index contributed by atoms with van der Waals surface area (Å²) >= 11 is 0. The SMILES string of the molecule is N#COB(O)O.[H-].[Li+]. The quantitative estimate of drug-likeness (QED) is 0.254. The molecule has 34 valence electrons. The fourth-order valence-electron chi connectivity index (χ4n) is 0.0471. The molecule has 0 aliphatic heterocycles. The van der Waals surface area contributed by atoms with Gasteiger partial charge in [0.2, 0.25) is 0 Å². The van der Waals surface area contributed by atoms with Gasteiger partial charge in [0, 0.05) is 0 Å². The predicted molar refractivity (Wildman–Crippen MR) is 18.0 cm³/mol. The normalized spacial score (nSPS) is 5.29. The molecule has 0 radical (unpaired) electrons. The minimum atomic E-state index is -1.96. The van der Waals surface area contributed by atoms with Crippen molar-refractivity contribution in [3.05, 3.63) is 0 Å². The van der Waals surface area contributed by atoms with Crippen LogP contribution >= 0.6 is 0 Å². The smallest absolute Gasteiger partial charge is 1.00 e. The van der Waals surface area contributed by atoms with E-state index in [9.17, 15) is 0 Å². The molecule has 0 aromatic carbocycles. The summed E-state index contributed by atoms with van der Waals surface area (Å²) in [5.74, 6) is 0. The van der Waals surface area contributed by atoms with E-state index in [2.05, 4.69) is 4.65 Å². The third-order valence-corrected chi connectivity index (χ3v) is 0.158. The average molecular weight is 94.8 g/mol. The Morgan fingerprint density at radius 2 is 2.14 bits per heavy atom. The Bertz CT molecular complexity index is 74.2. The monoisotopic (exact) mass is 95.0 g/mol. The standard InChI is InChI=1S/CH2BNO3.Li.H/c3-1-6-2(4)5;;/h4-5H;;/q;+1;-1. The van der Waals surface area contributed by atoms with Crippen LogP contribution in [0.25, 0.3) is 0 Å². The zero-order chi connectivity index (χ0) is 4.99. The fourth-order valence-corrected chi connectivity index (χ4v) is 0.0471. The molecule has 6 heteroatoms. The van der Waals surface area contributed by atoms with Gasteiger partial charge in [-0.1, -0.05) is 0 Å². The summed E-state index contributed by atoms with van der Waals surface area (Å²) in [4.78, 5) is 0. The van der Waals surface area contributed by atoms with E-state index >= 15 is 0 Å². The minimum Gasteiger partial charge on any atom is -1.00 e. The van der Waals surface area contributed by atoms with Crippen LogP contribution in [0.2, 0.25) is 0 Å². The summed E-state index contributed by atoms with van der Waals surface area (Å²) in [7, 11) is -1.96. The van der Waals surface area contributed by atoms with E-state index < -0.39 is 7.32 Å². The van der Waals surface area contributed by atoms with E-state index in [1.807, 2.05) is 0 Å². The van der Waals surface area contributed by atoms with E-state index in [0.29, 0.717) is 0 Å². The summed E-state index contributed by atoms with van der Waals surface area (Å²) < 4.78 is 3.46. The Kier molecular flexibility index (Phi) is 8.37. The summed E-state index contributed by atoms with van der Waals surface area (Å²) in [5.41, 5.74) is 0. The molecule has 0 saturated heterocycles. The van der Waals surface area contributed by atoms with Crippen molar-refractivity contribution in [1.82, 2.24) is 0 Å². The Hall–Kier alpha value is -0.128. The van der Waals surface area contributed by atoms with E-state index in [1.54, 1.807) is 0 Å². The van der Waals surface area contributed by atoms with Crippen LogP contribution in [0.4, 0.5) is 0 Å². The van der Waals surface area contributed by atoms with Crippen LogP contribution in [0.3, 0.4) is 0 Å². The van der Waals surface area contributed by atoms with E-state index in [0.717, 1.165) is 6.26 Å². The summed E-state index contributed by atoms with van der Waals surface area (Å²) in [6.07, 6.45) is 1.07. The zero-order valence-electron chi connectivity index (χ0n) is 4.83. The van der Waals surface area contributed by atoms with Crippen molar-refractivity contribution in [1.29, 1.82) is 5.26 Å². The molecule has 7 heavy (non-hydrogen) atoms. The molecule has 0 amide bonds. The van der Waals surface area contributed by atoms with Gasteiger partial charge in [-0.15, -0.1) is 0 Å². The molecule has 0 aliphatic rings. The van der Waals surface area contributed by atoms with Crippen LogP contribution in [0.5, 0.6) is 0 Å². The molecule has 0 atom stereocenters. The molecule has 0 fully saturated rings. The maximum Gasteiger partial charge on any atom is 1.00 e. The molecule has 0 aromatic heterocycles. The first-order chi connectivity index (χ1) is 2.77. The Morgan fingerprint density at radius 3 is 2.14 bits per heavy atom. The minimum absolute atomic E-state index is 0. The van der Waals surface area contributed by atoms with Gasteiger partial charge in [-0.05, 0) is 0 Å². The Morgan fingerprint density at radius 1 is 1.71 bits per heavy atom. The van der Waals surface area contributed by atoms with Crippen molar-refractivity contribution in [3.8, 4) is 6.26 Å². The molecule has 0 spiro atoms. The molecule has 0 heterocycles. The van der Waals surface area contributed by atoms with Crippen LogP contribution in [0, 0.1) is 11.5 Å². The summed E-state index contributed by atoms with van der Waals surface area (Å²) in [6, 6.07) is 0. The Balaban J connectivity index is -0.000000125. The van der Waals surface area contributed by atoms with Gasteiger partial charge >= 0.3 is 26.2 Å². The second-order valence-electron chi connectivity index (χ2n) is 0.535. The van der Waals surface area contributed by atoms with Crippen molar-refractivity contribution >= 4 is 7.32 Å². The molecule has 0 aromatic rings. The van der Waals surface area contributed by atoms with Crippen molar-refractivity contribution in [2.45, 2.75) is 0 Å². The fraction of sp³-hybridized carbons (Fsp3) is 0. The first-order valence-electron chi connectivity index (χ1n) is 1.18. The third kappa shape index (κ3) is 10.7. The van der Waals surface area contributed by atoms with Gasteiger partial charge in [0.05, 0.1) is 0 Å². The van der Waals surface area contributed by atoms with E-state index in [4.69, 9.17) is 15.3 Å². The van der Waals surface area contributed by atoms with Crippen LogP contribution in [-0.2, 0) is 4.65 Å².